The van der Waals surface area contributed by atoms with E-state index >= 15 is 0 Å². The molecule has 0 saturated carbocycles. The van der Waals surface area contributed by atoms with Gasteiger partial charge >= 0.3 is 0 Å². The van der Waals surface area contributed by atoms with Crippen LogP contribution in [-0.2, 0) is 0 Å². The third kappa shape index (κ3) is 5.08. The molecule has 0 aromatic heterocycles. The molecule has 0 amide bonds. The highest BCUT2D eigenvalue weighted by molar-refractivity contribution is 6.63. The summed E-state index contributed by atoms with van der Waals surface area (Å²) in [5.41, 5.74) is 4.30. The highest BCUT2D eigenvalue weighted by Crippen LogP contribution is 2.36. The fourth-order valence-electron chi connectivity index (χ4n) is 2.45. The third-order valence-electron chi connectivity index (χ3n) is 3.72. The number of rotatable bonds is 9. The number of nitrogens with zero attached hydrogens (tertiary/aromatic N) is 3. The van der Waals surface area contributed by atoms with Crippen LogP contribution in [0.15, 0.2) is 132 Å². The van der Waals surface area contributed by atoms with E-state index in [1.807, 2.05) is 38.8 Å². The average Bonchev–Trinajstić information content (AvgIpc) is 2.94. The maximum absolute atomic E-state index is 4.74. The Labute approximate surface area is 164 Å². The monoisotopic (exact) mass is 353 g/mol. The molecule has 0 bridgehead atoms. The second-order valence-corrected chi connectivity index (χ2v) is 5.61. The Morgan fingerprint density at radius 1 is 0.963 bits per heavy atom. The van der Waals surface area contributed by atoms with E-state index in [1.54, 1.807) is 30.4 Å². The topological polar surface area (TPSA) is 28.0 Å². The van der Waals surface area contributed by atoms with Crippen molar-refractivity contribution >= 4 is 27.1 Å². The first kappa shape index (κ1) is 21.7. The standard InChI is InChI=1S/C22H25B2N3/c1-7-13-17(15-16(23)9-3)27-21(25-12-6)19(14-8-2)18(10-4)22(27)26-20(24)11-5/h7-15H,1-6,23-24H2/b16-15+,17-13+,19-14-,25-21+,26-20+. The van der Waals surface area contributed by atoms with E-state index in [0.29, 0.717) is 11.7 Å². The van der Waals surface area contributed by atoms with Gasteiger partial charge in [0.2, 0.25) is 0 Å². The molecule has 0 atom stereocenters. The van der Waals surface area contributed by atoms with E-state index in [4.69, 9.17) is 4.99 Å². The van der Waals surface area contributed by atoms with E-state index < -0.39 is 0 Å². The van der Waals surface area contributed by atoms with Crippen molar-refractivity contribution in [3.05, 3.63) is 122 Å². The molecular formula is C22H25B2N3. The lowest BCUT2D eigenvalue weighted by Gasteiger charge is -2.22. The lowest BCUT2D eigenvalue weighted by molar-refractivity contribution is 0.656. The highest BCUT2D eigenvalue weighted by atomic mass is 15.3. The smallest absolute Gasteiger partial charge is 0.164 e. The molecular weight excluding hydrogens is 328 g/mol. The molecule has 1 heterocycles. The molecule has 27 heavy (non-hydrogen) atoms. The number of hydrogen-bond acceptors (Lipinski definition) is 2. The molecule has 134 valence electrons. The van der Waals surface area contributed by atoms with Crippen molar-refractivity contribution in [1.82, 2.24) is 4.90 Å². The van der Waals surface area contributed by atoms with Crippen molar-refractivity contribution in [3.8, 4) is 0 Å². The second kappa shape index (κ2) is 10.6. The minimum absolute atomic E-state index is 0.677. The molecule has 0 aromatic rings. The van der Waals surface area contributed by atoms with Gasteiger partial charge in [-0.05, 0) is 17.8 Å². The van der Waals surface area contributed by atoms with Crippen LogP contribution in [-0.4, -0.2) is 32.0 Å². The van der Waals surface area contributed by atoms with Gasteiger partial charge in [-0.3, -0.25) is 4.90 Å². The molecule has 1 aliphatic rings. The number of aliphatic imine (C=N–C) groups is 2. The Morgan fingerprint density at radius 3 is 2.15 bits per heavy atom. The summed E-state index contributed by atoms with van der Waals surface area (Å²) in [4.78, 5) is 11.2. The van der Waals surface area contributed by atoms with Crippen molar-refractivity contribution in [2.75, 3.05) is 0 Å². The molecule has 0 aromatic carbocycles. The Hall–Kier alpha value is -3.33. The van der Waals surface area contributed by atoms with Crippen LogP contribution in [0.25, 0.3) is 0 Å². The average molecular weight is 353 g/mol. The van der Waals surface area contributed by atoms with E-state index in [1.165, 1.54) is 6.20 Å². The molecule has 3 nitrogen and oxygen atoms in total. The summed E-state index contributed by atoms with van der Waals surface area (Å²) in [7, 11) is 3.86. The maximum atomic E-state index is 4.74. The van der Waals surface area contributed by atoms with Gasteiger partial charge in [-0.25, -0.2) is 9.98 Å². The first-order valence-electron chi connectivity index (χ1n) is 8.49. The molecule has 0 radical (unpaired) electrons. The van der Waals surface area contributed by atoms with Crippen molar-refractivity contribution in [2.24, 2.45) is 9.98 Å². The van der Waals surface area contributed by atoms with Crippen LogP contribution in [0.2, 0.25) is 0 Å². The number of amidine groups is 1. The molecule has 0 N–H and O–H groups in total. The van der Waals surface area contributed by atoms with E-state index in [-0.39, 0.29) is 0 Å². The van der Waals surface area contributed by atoms with Crippen molar-refractivity contribution in [3.63, 3.8) is 0 Å². The van der Waals surface area contributed by atoms with Crippen molar-refractivity contribution in [2.45, 2.75) is 0 Å². The molecule has 1 rings (SSSR count). The number of allylic oxidation sites excluding steroid dienone is 9. The lowest BCUT2D eigenvalue weighted by Crippen LogP contribution is -2.25. The van der Waals surface area contributed by atoms with Gasteiger partial charge in [0, 0.05) is 23.0 Å². The van der Waals surface area contributed by atoms with E-state index in [0.717, 1.165) is 27.9 Å². The SMILES string of the molecule is B/C(C=C)=C/C(=C\C=C)N1C(/N=C(/B)C=C)=C(C=C)C(=C/C=C)/C1=N\C=C. The summed E-state index contributed by atoms with van der Waals surface area (Å²) in [5.74, 6) is 1.37. The van der Waals surface area contributed by atoms with Gasteiger partial charge in [0.25, 0.3) is 0 Å². The second-order valence-electron chi connectivity index (χ2n) is 5.61. The first-order valence-corrected chi connectivity index (χ1v) is 8.49. The van der Waals surface area contributed by atoms with Gasteiger partial charge in [0.05, 0.1) is 0 Å². The summed E-state index contributed by atoms with van der Waals surface area (Å²) < 4.78 is 0. The van der Waals surface area contributed by atoms with Crippen LogP contribution in [0, 0.1) is 0 Å². The largest absolute Gasteiger partial charge is 0.278 e. The molecule has 0 saturated heterocycles. The van der Waals surface area contributed by atoms with Crippen LogP contribution in [0.4, 0.5) is 0 Å². The van der Waals surface area contributed by atoms with E-state index in [9.17, 15) is 0 Å². The summed E-state index contributed by atoms with van der Waals surface area (Å²) in [6, 6.07) is 0. The van der Waals surface area contributed by atoms with Crippen LogP contribution >= 0.6 is 0 Å². The van der Waals surface area contributed by atoms with Crippen LogP contribution in [0.3, 0.4) is 0 Å². The Balaban J connectivity index is 3.96. The fraction of sp³-hybridized carbons (Fsp3) is 0. The predicted molar refractivity (Wildman–Crippen MR) is 126 cm³/mol. The summed E-state index contributed by atoms with van der Waals surface area (Å²) in [6.45, 7) is 23.0. The molecule has 0 aliphatic carbocycles. The molecule has 0 fully saturated rings. The minimum Gasteiger partial charge on any atom is -0.278 e. The third-order valence-corrected chi connectivity index (χ3v) is 3.72. The van der Waals surface area contributed by atoms with E-state index in [2.05, 4.69) is 44.5 Å². The Kier molecular flexibility index (Phi) is 8.54. The molecule has 5 heteroatoms. The molecule has 0 spiro atoms. The summed E-state index contributed by atoms with van der Waals surface area (Å²) in [5, 5.41) is 0. The minimum atomic E-state index is 0.677. The lowest BCUT2D eigenvalue weighted by atomic mass is 9.94. The van der Waals surface area contributed by atoms with Gasteiger partial charge < -0.3 is 0 Å². The van der Waals surface area contributed by atoms with Crippen molar-refractivity contribution in [1.29, 1.82) is 0 Å². The van der Waals surface area contributed by atoms with Crippen LogP contribution in [0.5, 0.6) is 0 Å². The Bertz CT molecular complexity index is 862. The molecule has 1 aliphatic heterocycles. The normalized spacial score (nSPS) is 18.7. The first-order chi connectivity index (χ1) is 13.0. The summed E-state index contributed by atoms with van der Waals surface area (Å²) >= 11 is 0. The van der Waals surface area contributed by atoms with Gasteiger partial charge in [0.15, 0.2) is 7.85 Å². The van der Waals surface area contributed by atoms with Gasteiger partial charge in [-0.15, -0.1) is 0 Å². The molecule has 0 unspecified atom stereocenters. The Morgan fingerprint density at radius 2 is 1.67 bits per heavy atom. The zero-order valence-corrected chi connectivity index (χ0v) is 16.3. The van der Waals surface area contributed by atoms with Crippen molar-refractivity contribution < 1.29 is 0 Å². The van der Waals surface area contributed by atoms with Gasteiger partial charge in [-0.1, -0.05) is 81.4 Å². The van der Waals surface area contributed by atoms with Crippen LogP contribution < -0.4 is 0 Å². The zero-order chi connectivity index (χ0) is 20.4. The fourth-order valence-corrected chi connectivity index (χ4v) is 2.45. The predicted octanol–water partition coefficient (Wildman–Crippen LogP) is 3.34. The quantitative estimate of drug-likeness (QED) is 0.355. The highest BCUT2D eigenvalue weighted by Gasteiger charge is 2.33. The van der Waals surface area contributed by atoms with Gasteiger partial charge in [0.1, 0.15) is 19.5 Å². The van der Waals surface area contributed by atoms with Crippen LogP contribution in [0.1, 0.15) is 0 Å². The van der Waals surface area contributed by atoms with Gasteiger partial charge in [-0.2, -0.15) is 0 Å². The zero-order valence-electron chi connectivity index (χ0n) is 16.3. The number of hydrogen-bond donors (Lipinski definition) is 0. The maximum Gasteiger partial charge on any atom is 0.164 e. The summed E-state index contributed by atoms with van der Waals surface area (Å²) in [6.07, 6.45) is 15.9.